The second-order valence-electron chi connectivity index (χ2n) is 12.4. The number of nitrogens with one attached hydrogen (secondary N) is 1. The number of halogens is 1. The molecule has 0 unspecified atom stereocenters. The van der Waals surface area contributed by atoms with E-state index in [-0.39, 0.29) is 54.1 Å². The van der Waals surface area contributed by atoms with Crippen LogP contribution in [0.25, 0.3) is 21.8 Å². The Morgan fingerprint density at radius 2 is 1.86 bits per heavy atom. The number of thiophene rings is 1. The minimum Gasteiger partial charge on any atom is -0.504 e. The minimum atomic E-state index is -0.421. The Labute approximate surface area is 295 Å². The van der Waals surface area contributed by atoms with E-state index in [1.54, 1.807) is 28.5 Å². The zero-order valence-electron chi connectivity index (χ0n) is 28.3. The van der Waals surface area contributed by atoms with Crippen LogP contribution in [0.2, 0.25) is 0 Å². The largest absolute Gasteiger partial charge is 0.504 e. The molecule has 0 atom stereocenters. The molecule has 0 saturated carbocycles. The number of piperazine rings is 1. The van der Waals surface area contributed by atoms with Crippen LogP contribution in [0.4, 0.5) is 15.1 Å². The molecule has 264 valence electrons. The summed E-state index contributed by atoms with van der Waals surface area (Å²) in [6.07, 6.45) is 4.14. The highest BCUT2D eigenvalue weighted by Crippen LogP contribution is 2.35. The number of carbonyl (C=O) groups excluding carboxylic acids is 2. The molecule has 2 aliphatic heterocycles. The van der Waals surface area contributed by atoms with Crippen molar-refractivity contribution < 1.29 is 23.8 Å². The van der Waals surface area contributed by atoms with Gasteiger partial charge in [-0.3, -0.25) is 14.4 Å². The molecule has 0 radical (unpaired) electrons. The number of ether oxygens (including phenoxy) is 1. The average Bonchev–Trinajstić information content (AvgIpc) is 3.75. The van der Waals surface area contributed by atoms with Crippen molar-refractivity contribution in [3.8, 4) is 16.2 Å². The Morgan fingerprint density at radius 1 is 1.10 bits per heavy atom. The van der Waals surface area contributed by atoms with Gasteiger partial charge < -0.3 is 29.5 Å². The van der Waals surface area contributed by atoms with Crippen molar-refractivity contribution in [1.29, 1.82) is 0 Å². The Balaban J connectivity index is 1.21. The van der Waals surface area contributed by atoms with Crippen molar-refractivity contribution in [3.63, 3.8) is 0 Å². The van der Waals surface area contributed by atoms with Crippen molar-refractivity contribution in [2.75, 3.05) is 49.6 Å². The third kappa shape index (κ3) is 6.59. The minimum absolute atomic E-state index is 0.0664. The van der Waals surface area contributed by atoms with E-state index in [9.17, 15) is 23.9 Å². The van der Waals surface area contributed by atoms with E-state index < -0.39 is 5.91 Å². The predicted octanol–water partition coefficient (Wildman–Crippen LogP) is 3.84. The van der Waals surface area contributed by atoms with Gasteiger partial charge in [-0.15, -0.1) is 16.4 Å². The number of carbonyl (C=O) groups is 2. The fraction of sp³-hybridized carbons (Fsp3) is 0.343. The van der Waals surface area contributed by atoms with Crippen LogP contribution in [0.15, 0.2) is 47.5 Å². The second-order valence-corrected chi connectivity index (χ2v) is 13.4. The molecule has 2 aliphatic rings. The summed E-state index contributed by atoms with van der Waals surface area (Å²) in [5.74, 6) is -0.672. The first-order valence-corrected chi connectivity index (χ1v) is 17.4. The van der Waals surface area contributed by atoms with Gasteiger partial charge in [-0.25, -0.2) is 14.4 Å². The summed E-state index contributed by atoms with van der Waals surface area (Å²) in [7, 11) is 0. The number of aryl methyl sites for hydroxylation is 2. The van der Waals surface area contributed by atoms with Gasteiger partial charge in [0.25, 0.3) is 11.5 Å². The van der Waals surface area contributed by atoms with E-state index in [0.29, 0.717) is 67.0 Å². The van der Waals surface area contributed by atoms with Gasteiger partial charge in [-0.1, -0.05) is 25.1 Å². The van der Waals surface area contributed by atoms with E-state index in [4.69, 9.17) is 9.72 Å². The third-order valence-electron chi connectivity index (χ3n) is 9.09. The first-order valence-electron chi connectivity index (χ1n) is 16.6. The molecule has 51 heavy (non-hydrogen) atoms. The number of hydrogen-bond acceptors (Lipinski definition) is 11. The van der Waals surface area contributed by atoms with E-state index in [0.717, 1.165) is 21.6 Å². The molecule has 16 heteroatoms. The number of aromatic hydroxyl groups is 1. The highest BCUT2D eigenvalue weighted by Gasteiger charge is 2.31. The predicted molar refractivity (Wildman–Crippen MR) is 190 cm³/mol. The van der Waals surface area contributed by atoms with Gasteiger partial charge in [0.1, 0.15) is 24.4 Å². The Kier molecular flexibility index (Phi) is 9.35. The van der Waals surface area contributed by atoms with Gasteiger partial charge >= 0.3 is 0 Å². The summed E-state index contributed by atoms with van der Waals surface area (Å²) in [5.41, 5.74) is 3.52. The maximum absolute atomic E-state index is 14.3. The summed E-state index contributed by atoms with van der Waals surface area (Å²) in [5, 5.41) is 18.7. The number of benzene rings is 1. The molecule has 1 saturated heterocycles. The van der Waals surface area contributed by atoms with Crippen LogP contribution in [-0.2, 0) is 22.5 Å². The summed E-state index contributed by atoms with van der Waals surface area (Å²) < 4.78 is 22.0. The summed E-state index contributed by atoms with van der Waals surface area (Å²) in [6.45, 7) is 7.41. The van der Waals surface area contributed by atoms with E-state index in [1.807, 2.05) is 30.9 Å². The molecule has 2 amide bonds. The summed E-state index contributed by atoms with van der Waals surface area (Å²) in [4.78, 5) is 58.4. The zero-order valence-corrected chi connectivity index (χ0v) is 29.2. The Hall–Kier alpha value is -5.48. The van der Waals surface area contributed by atoms with Gasteiger partial charge in [-0.2, -0.15) is 9.50 Å². The molecule has 1 aromatic carbocycles. The van der Waals surface area contributed by atoms with Crippen LogP contribution < -0.4 is 15.8 Å². The standard InChI is InChI=1S/C35H36FN9O5S/c1-4-25-29(42-11-13-43(14-12-42)33(48)28-30(47)21(3)37-19-38-28)34(49)45-35(40-32(41-45)23-9-15-50-16-10-23)44(25)18-26(46)39-27-17-20(2)31(51-27)22-5-7-24(36)8-6-22/h5-9,17,19,47H,4,10-16,18H2,1-3H3,(H,39,46). The van der Waals surface area contributed by atoms with Gasteiger partial charge in [0.15, 0.2) is 17.3 Å². The maximum Gasteiger partial charge on any atom is 0.299 e. The topological polar surface area (TPSA) is 160 Å². The molecule has 5 aromatic rings. The molecular weight excluding hydrogens is 678 g/mol. The quantitative estimate of drug-likeness (QED) is 0.242. The molecular formula is C35H36FN9O5S. The molecule has 14 nitrogen and oxygen atoms in total. The number of rotatable bonds is 8. The molecule has 0 aliphatic carbocycles. The SMILES string of the molecule is CCc1c(N2CCN(C(=O)c3ncnc(C)c3O)CC2)c(=O)n2nc(C3=CCOCC3)nc2n1CC(=O)Nc1cc(C)c(-c2ccc(F)cc2)s1. The van der Waals surface area contributed by atoms with Crippen molar-refractivity contribution in [1.82, 2.24) is 34.0 Å². The molecule has 6 heterocycles. The average molecular weight is 714 g/mol. The number of aromatic nitrogens is 6. The van der Waals surface area contributed by atoms with Crippen molar-refractivity contribution in [2.24, 2.45) is 0 Å². The molecule has 2 N–H and O–H groups in total. The lowest BCUT2D eigenvalue weighted by Gasteiger charge is -2.36. The lowest BCUT2D eigenvalue weighted by molar-refractivity contribution is -0.116. The molecule has 0 spiro atoms. The number of hydrogen-bond donors (Lipinski definition) is 2. The maximum atomic E-state index is 14.3. The van der Waals surface area contributed by atoms with Gasteiger partial charge in [0.2, 0.25) is 11.7 Å². The lowest BCUT2D eigenvalue weighted by atomic mass is 10.1. The second kappa shape index (κ2) is 14.0. The summed E-state index contributed by atoms with van der Waals surface area (Å²) in [6, 6.07) is 8.11. The van der Waals surface area contributed by atoms with Gasteiger partial charge in [0.05, 0.1) is 29.6 Å². The van der Waals surface area contributed by atoms with Crippen LogP contribution in [0.1, 0.15) is 46.6 Å². The Bertz CT molecular complexity index is 2240. The number of nitrogens with zero attached hydrogens (tertiary/aromatic N) is 8. The molecule has 4 aromatic heterocycles. The van der Waals surface area contributed by atoms with Gasteiger partial charge in [-0.05, 0) is 61.6 Å². The van der Waals surface area contributed by atoms with Crippen molar-refractivity contribution in [3.05, 3.63) is 87.4 Å². The normalized spacial score (nSPS) is 14.9. The molecule has 7 rings (SSSR count). The van der Waals surface area contributed by atoms with Crippen LogP contribution >= 0.6 is 11.3 Å². The fourth-order valence-corrected chi connectivity index (χ4v) is 7.55. The Morgan fingerprint density at radius 3 is 2.57 bits per heavy atom. The lowest BCUT2D eigenvalue weighted by Crippen LogP contribution is -2.51. The van der Waals surface area contributed by atoms with Crippen molar-refractivity contribution >= 4 is 45.2 Å². The van der Waals surface area contributed by atoms with Crippen LogP contribution in [-0.4, -0.2) is 90.3 Å². The van der Waals surface area contributed by atoms with E-state index in [1.165, 1.54) is 34.3 Å². The molecule has 1 fully saturated rings. The smallest absolute Gasteiger partial charge is 0.299 e. The van der Waals surface area contributed by atoms with Gasteiger partial charge in [0, 0.05) is 31.1 Å². The van der Waals surface area contributed by atoms with Crippen LogP contribution in [0.3, 0.4) is 0 Å². The zero-order chi connectivity index (χ0) is 35.8. The number of fused-ring (bicyclic) bond motifs is 1. The molecule has 0 bridgehead atoms. The first kappa shape index (κ1) is 34.0. The number of anilines is 2. The third-order valence-corrected chi connectivity index (χ3v) is 10.3. The number of amides is 2. The highest BCUT2D eigenvalue weighted by molar-refractivity contribution is 7.19. The van der Waals surface area contributed by atoms with E-state index >= 15 is 0 Å². The fourth-order valence-electron chi connectivity index (χ4n) is 6.45. The van der Waals surface area contributed by atoms with Crippen molar-refractivity contribution in [2.45, 2.75) is 40.2 Å². The van der Waals surface area contributed by atoms with Crippen LogP contribution in [0.5, 0.6) is 5.75 Å². The monoisotopic (exact) mass is 713 g/mol. The van der Waals surface area contributed by atoms with E-state index in [2.05, 4.69) is 20.4 Å². The van der Waals surface area contributed by atoms with Crippen LogP contribution in [0, 0.1) is 19.7 Å². The summed E-state index contributed by atoms with van der Waals surface area (Å²) >= 11 is 1.39. The first-order chi connectivity index (χ1) is 24.6. The highest BCUT2D eigenvalue weighted by atomic mass is 32.1.